The maximum absolute atomic E-state index is 12.5. The number of aliphatic hydroxyl groups is 1. The van der Waals surface area contributed by atoms with E-state index in [-0.39, 0.29) is 23.4 Å². The molecule has 0 amide bonds. The lowest BCUT2D eigenvalue weighted by Gasteiger charge is -2.33. The van der Waals surface area contributed by atoms with Gasteiger partial charge < -0.3 is 9.84 Å². The molecule has 0 aromatic carbocycles. The number of hydrogen-bond acceptors (Lipinski definition) is 5. The number of ether oxygens (including phenoxy) is 1. The van der Waals surface area contributed by atoms with Crippen LogP contribution in [0.4, 0.5) is 0 Å². The van der Waals surface area contributed by atoms with Gasteiger partial charge in [-0.3, -0.25) is 9.59 Å². The number of aliphatic hydroxyl groups excluding tert-OH is 1. The Balaban J connectivity index is 1.97. The van der Waals surface area contributed by atoms with E-state index >= 15 is 0 Å². The van der Waals surface area contributed by atoms with E-state index < -0.39 is 18.2 Å². The second kappa shape index (κ2) is 6.98. The second-order valence-corrected chi connectivity index (χ2v) is 6.06. The Labute approximate surface area is 124 Å². The van der Waals surface area contributed by atoms with Crippen LogP contribution in [0.1, 0.15) is 44.9 Å². The van der Waals surface area contributed by atoms with Crippen molar-refractivity contribution in [3.05, 3.63) is 12.7 Å². The molecule has 0 saturated heterocycles. The van der Waals surface area contributed by atoms with E-state index in [1.165, 1.54) is 0 Å². The summed E-state index contributed by atoms with van der Waals surface area (Å²) >= 11 is 0. The minimum absolute atomic E-state index is 0.0430. The van der Waals surface area contributed by atoms with Crippen molar-refractivity contribution in [2.75, 3.05) is 0 Å². The van der Waals surface area contributed by atoms with Crippen LogP contribution in [-0.4, -0.2) is 34.9 Å². The van der Waals surface area contributed by atoms with E-state index in [1.54, 1.807) is 0 Å². The first-order valence-corrected chi connectivity index (χ1v) is 7.56. The third kappa shape index (κ3) is 4.24. The minimum atomic E-state index is -0.644. The summed E-state index contributed by atoms with van der Waals surface area (Å²) in [5.74, 6) is -0.898. The highest BCUT2D eigenvalue weighted by Crippen LogP contribution is 2.33. The molecular weight excluding hydrogens is 272 g/mol. The van der Waals surface area contributed by atoms with E-state index in [0.29, 0.717) is 32.1 Å². The van der Waals surface area contributed by atoms with Gasteiger partial charge in [-0.05, 0) is 25.7 Å². The summed E-state index contributed by atoms with van der Waals surface area (Å²) in [6.07, 6.45) is 3.56. The Morgan fingerprint density at radius 3 is 2.67 bits per heavy atom. The van der Waals surface area contributed by atoms with Gasteiger partial charge in [0.05, 0.1) is 6.10 Å². The van der Waals surface area contributed by atoms with Crippen LogP contribution in [0.2, 0.25) is 0 Å². The molecule has 4 atom stereocenters. The maximum atomic E-state index is 12.5. The first-order valence-electron chi connectivity index (χ1n) is 7.56. The van der Waals surface area contributed by atoms with Crippen LogP contribution in [-0.2, 0) is 19.1 Å². The van der Waals surface area contributed by atoms with Crippen LogP contribution >= 0.6 is 0 Å². The first kappa shape index (κ1) is 15.9. The number of Topliss-reactive ketones (excluding diaryl/α,β-unsaturated/α-hetero) is 2. The summed E-state index contributed by atoms with van der Waals surface area (Å²) in [7, 11) is 0. The Bertz CT molecular complexity index is 442. The lowest BCUT2D eigenvalue weighted by atomic mass is 9.75. The van der Waals surface area contributed by atoms with Gasteiger partial charge in [-0.15, -0.1) is 0 Å². The van der Waals surface area contributed by atoms with Crippen molar-refractivity contribution < 1.29 is 24.2 Å². The van der Waals surface area contributed by atoms with Gasteiger partial charge >= 0.3 is 5.97 Å². The molecular formula is C16H22O5. The lowest BCUT2D eigenvalue weighted by molar-refractivity contribution is -0.150. The molecule has 0 heterocycles. The van der Waals surface area contributed by atoms with Gasteiger partial charge in [0.25, 0.3) is 0 Å². The molecule has 4 unspecified atom stereocenters. The summed E-state index contributed by atoms with van der Waals surface area (Å²) in [6, 6.07) is 0. The first-order chi connectivity index (χ1) is 9.99. The molecule has 2 aliphatic carbocycles. The molecule has 0 aromatic heterocycles. The molecule has 5 heteroatoms. The van der Waals surface area contributed by atoms with Gasteiger partial charge in [-0.25, -0.2) is 4.79 Å². The zero-order chi connectivity index (χ0) is 15.4. The van der Waals surface area contributed by atoms with Crippen molar-refractivity contribution in [3.8, 4) is 0 Å². The van der Waals surface area contributed by atoms with Crippen LogP contribution in [0.25, 0.3) is 0 Å². The third-order valence-electron chi connectivity index (χ3n) is 4.38. The number of ketones is 2. The average molecular weight is 294 g/mol. The number of carbonyl (C=O) groups excluding carboxylic acids is 3. The van der Waals surface area contributed by atoms with Crippen molar-refractivity contribution in [1.29, 1.82) is 0 Å². The molecule has 2 rings (SSSR count). The summed E-state index contributed by atoms with van der Waals surface area (Å²) in [4.78, 5) is 35.3. The Kier molecular flexibility index (Phi) is 5.28. The molecule has 0 spiro atoms. The highest BCUT2D eigenvalue weighted by molar-refractivity contribution is 5.90. The molecule has 2 fully saturated rings. The normalized spacial score (nSPS) is 33.3. The van der Waals surface area contributed by atoms with E-state index in [2.05, 4.69) is 6.58 Å². The second-order valence-electron chi connectivity index (χ2n) is 6.06. The number of hydrogen-bond donors (Lipinski definition) is 1. The van der Waals surface area contributed by atoms with Crippen molar-refractivity contribution in [2.45, 2.75) is 57.2 Å². The van der Waals surface area contributed by atoms with E-state index in [9.17, 15) is 19.5 Å². The molecule has 1 N–H and O–H groups in total. The Morgan fingerprint density at radius 2 is 2.00 bits per heavy atom. The Hall–Kier alpha value is -1.49. The van der Waals surface area contributed by atoms with E-state index in [1.807, 2.05) is 0 Å². The monoisotopic (exact) mass is 294 g/mol. The SMILES string of the molecule is C=CC(=O)OC1CC(O)CC(C(=O)C2CCCC(=O)C2)C1. The largest absolute Gasteiger partial charge is 0.459 e. The highest BCUT2D eigenvalue weighted by Gasteiger charge is 2.37. The number of esters is 1. The minimum Gasteiger partial charge on any atom is -0.459 e. The van der Waals surface area contributed by atoms with Crippen molar-refractivity contribution >= 4 is 17.5 Å². The summed E-state index contributed by atoms with van der Waals surface area (Å²) in [6.45, 7) is 3.34. The van der Waals surface area contributed by atoms with Gasteiger partial charge in [-0.2, -0.15) is 0 Å². The van der Waals surface area contributed by atoms with Crippen molar-refractivity contribution in [3.63, 3.8) is 0 Å². The summed E-state index contributed by atoms with van der Waals surface area (Å²) < 4.78 is 5.16. The quantitative estimate of drug-likeness (QED) is 0.629. The molecule has 21 heavy (non-hydrogen) atoms. The fourth-order valence-electron chi connectivity index (χ4n) is 3.38. The molecule has 116 valence electrons. The standard InChI is InChI=1S/C16H22O5/c1-2-15(19)21-14-8-11(7-13(18)9-14)16(20)10-4-3-5-12(17)6-10/h2,10-11,13-14,18H,1,3-9H2. The molecule has 0 radical (unpaired) electrons. The van der Waals surface area contributed by atoms with E-state index in [0.717, 1.165) is 18.9 Å². The lowest BCUT2D eigenvalue weighted by Crippen LogP contribution is -2.39. The van der Waals surface area contributed by atoms with Crippen LogP contribution < -0.4 is 0 Å². The molecule has 0 aliphatic heterocycles. The van der Waals surface area contributed by atoms with Gasteiger partial charge in [0.1, 0.15) is 17.7 Å². The topological polar surface area (TPSA) is 80.7 Å². The van der Waals surface area contributed by atoms with Crippen LogP contribution in [0.15, 0.2) is 12.7 Å². The van der Waals surface area contributed by atoms with Crippen molar-refractivity contribution in [2.24, 2.45) is 11.8 Å². The predicted molar refractivity (Wildman–Crippen MR) is 75.4 cm³/mol. The number of rotatable bonds is 4. The fourth-order valence-corrected chi connectivity index (χ4v) is 3.38. The average Bonchev–Trinajstić information content (AvgIpc) is 2.45. The van der Waals surface area contributed by atoms with Gasteiger partial charge in [0.2, 0.25) is 0 Å². The molecule has 0 bridgehead atoms. The van der Waals surface area contributed by atoms with Crippen LogP contribution in [0, 0.1) is 11.8 Å². The number of carbonyl (C=O) groups is 3. The molecule has 2 aliphatic rings. The Morgan fingerprint density at radius 1 is 1.24 bits per heavy atom. The summed E-state index contributed by atoms with van der Waals surface area (Å²) in [5, 5.41) is 9.90. The van der Waals surface area contributed by atoms with Crippen LogP contribution in [0.3, 0.4) is 0 Å². The molecule has 0 aromatic rings. The highest BCUT2D eigenvalue weighted by atomic mass is 16.5. The van der Waals surface area contributed by atoms with Crippen molar-refractivity contribution in [1.82, 2.24) is 0 Å². The maximum Gasteiger partial charge on any atom is 0.330 e. The van der Waals surface area contributed by atoms with Gasteiger partial charge in [0.15, 0.2) is 0 Å². The fraction of sp³-hybridized carbons (Fsp3) is 0.688. The third-order valence-corrected chi connectivity index (χ3v) is 4.38. The zero-order valence-corrected chi connectivity index (χ0v) is 12.1. The molecule has 2 saturated carbocycles. The summed E-state index contributed by atoms with van der Waals surface area (Å²) in [5.41, 5.74) is 0. The van der Waals surface area contributed by atoms with Crippen LogP contribution in [0.5, 0.6) is 0 Å². The van der Waals surface area contributed by atoms with Gasteiger partial charge in [-0.1, -0.05) is 6.58 Å². The smallest absolute Gasteiger partial charge is 0.330 e. The van der Waals surface area contributed by atoms with E-state index in [4.69, 9.17) is 4.74 Å². The predicted octanol–water partition coefficient (Wildman–Crippen LogP) is 1.57. The molecule has 5 nitrogen and oxygen atoms in total. The zero-order valence-electron chi connectivity index (χ0n) is 12.1. The van der Waals surface area contributed by atoms with Gasteiger partial charge in [0, 0.05) is 37.2 Å².